The van der Waals surface area contributed by atoms with Crippen LogP contribution in [0.5, 0.6) is 0 Å². The molecule has 0 bridgehead atoms. The van der Waals surface area contributed by atoms with Crippen molar-refractivity contribution < 1.29 is 9.79 Å². The summed E-state index contributed by atoms with van der Waals surface area (Å²) >= 11 is 7.44. The minimum absolute atomic E-state index is 0.208. The van der Waals surface area contributed by atoms with Crippen LogP contribution in [0.3, 0.4) is 0 Å². The van der Waals surface area contributed by atoms with E-state index in [4.69, 9.17) is 16.6 Å². The molecule has 0 spiro atoms. The third kappa shape index (κ3) is 4.10. The van der Waals surface area contributed by atoms with Crippen molar-refractivity contribution in [2.45, 2.75) is 36.9 Å². The maximum atomic E-state index is 9.87. The number of hydrogen-bond donors (Lipinski definition) is 3. The van der Waals surface area contributed by atoms with E-state index in [1.165, 1.54) is 16.9 Å². The van der Waals surface area contributed by atoms with E-state index in [9.17, 15) is 9.79 Å². The summed E-state index contributed by atoms with van der Waals surface area (Å²) in [6.45, 7) is 2.31. The molecule has 0 radical (unpaired) electrons. The highest BCUT2D eigenvalue weighted by atomic mass is 35.5. The molecule has 4 rings (SSSR count). The summed E-state index contributed by atoms with van der Waals surface area (Å²) in [4.78, 5) is 24.5. The van der Waals surface area contributed by atoms with Crippen molar-refractivity contribution in [2.75, 3.05) is 5.32 Å². The molecule has 7 heteroatoms. The molecule has 3 N–H and O–H groups in total. The average molecular weight is 433 g/mol. The molecule has 4 nitrogen and oxygen atoms in total. The Kier molecular flexibility index (Phi) is 5.73. The zero-order valence-corrected chi connectivity index (χ0v) is 17.9. The predicted molar refractivity (Wildman–Crippen MR) is 117 cm³/mol. The van der Waals surface area contributed by atoms with Crippen LogP contribution in [0.1, 0.15) is 48.3 Å². The van der Waals surface area contributed by atoms with Crippen molar-refractivity contribution in [3.8, 4) is 0 Å². The number of halogens is 1. The zero-order chi connectivity index (χ0) is 19.7. The van der Waals surface area contributed by atoms with Gasteiger partial charge in [0.25, 0.3) is 0 Å². The molecule has 28 heavy (non-hydrogen) atoms. The second kappa shape index (κ2) is 8.10. The molecule has 1 aliphatic rings. The number of hydrogen-bond acceptors (Lipinski definition) is 5. The minimum atomic E-state index is -2.20. The standard InChI is InChI=1S/C21H22ClN2O2PS/c1-21(16-5-3-2-4-6-16)11-15(12-21)18-13-28-20(23-18)24-19(27(25)26)14-7-9-17(22)10-8-14/h2-10,13,15,19,25-26H,11-12H2,1H3,(H,23,24). The highest BCUT2D eigenvalue weighted by molar-refractivity contribution is 7.45. The van der Waals surface area contributed by atoms with Crippen molar-refractivity contribution in [1.82, 2.24) is 4.98 Å². The topological polar surface area (TPSA) is 65.4 Å². The molecule has 1 aliphatic carbocycles. The van der Waals surface area contributed by atoms with Crippen LogP contribution in [-0.2, 0) is 5.41 Å². The van der Waals surface area contributed by atoms with Gasteiger partial charge in [0.1, 0.15) is 5.78 Å². The lowest BCUT2D eigenvalue weighted by molar-refractivity contribution is 0.222. The summed E-state index contributed by atoms with van der Waals surface area (Å²) in [7, 11) is -2.20. The Morgan fingerprint density at radius 2 is 1.82 bits per heavy atom. The Bertz CT molecular complexity index is 927. The second-order valence-electron chi connectivity index (χ2n) is 7.53. The molecule has 1 heterocycles. The lowest BCUT2D eigenvalue weighted by Gasteiger charge is -2.45. The monoisotopic (exact) mass is 432 g/mol. The van der Waals surface area contributed by atoms with Gasteiger partial charge in [-0.05, 0) is 41.5 Å². The molecule has 1 saturated carbocycles. The van der Waals surface area contributed by atoms with Crippen LogP contribution in [0.15, 0.2) is 60.0 Å². The van der Waals surface area contributed by atoms with Gasteiger partial charge in [-0.15, -0.1) is 11.3 Å². The number of rotatable bonds is 6. The van der Waals surface area contributed by atoms with Gasteiger partial charge >= 0.3 is 0 Å². The Labute approximate surface area is 175 Å². The molecular formula is C21H22ClN2O2PS. The van der Waals surface area contributed by atoms with Crippen molar-refractivity contribution in [2.24, 2.45) is 0 Å². The van der Waals surface area contributed by atoms with Gasteiger partial charge < -0.3 is 15.1 Å². The second-order valence-corrected chi connectivity index (χ2v) is 9.98. The van der Waals surface area contributed by atoms with Crippen molar-refractivity contribution in [3.63, 3.8) is 0 Å². The van der Waals surface area contributed by atoms with Crippen molar-refractivity contribution in [3.05, 3.63) is 81.8 Å². The smallest absolute Gasteiger partial charge is 0.194 e. The van der Waals surface area contributed by atoms with E-state index < -0.39 is 14.2 Å². The number of nitrogens with one attached hydrogen (secondary N) is 1. The first kappa shape index (κ1) is 19.8. The fourth-order valence-corrected chi connectivity index (χ4v) is 5.60. The molecule has 0 aliphatic heterocycles. The number of thiazole rings is 1. The third-order valence-corrected chi connectivity index (χ3v) is 7.41. The fraction of sp³-hybridized carbons (Fsp3) is 0.286. The Morgan fingerprint density at radius 3 is 2.46 bits per heavy atom. The molecule has 1 unspecified atom stereocenters. The SMILES string of the molecule is CC1(c2ccccc2)CC(c2csc(NC(c3ccc(Cl)cc3)P(O)O)n2)C1. The summed E-state index contributed by atoms with van der Waals surface area (Å²) in [5.74, 6) is -0.155. The van der Waals surface area contributed by atoms with Gasteiger partial charge in [-0.2, -0.15) is 0 Å². The lowest BCUT2D eigenvalue weighted by atomic mass is 9.59. The Balaban J connectivity index is 1.44. The van der Waals surface area contributed by atoms with Gasteiger partial charge in [-0.1, -0.05) is 61.0 Å². The van der Waals surface area contributed by atoms with Gasteiger partial charge in [0, 0.05) is 16.3 Å². The minimum Gasteiger partial charge on any atom is -0.348 e. The predicted octanol–water partition coefficient (Wildman–Crippen LogP) is 6.04. The van der Waals surface area contributed by atoms with E-state index in [0.29, 0.717) is 16.1 Å². The third-order valence-electron chi connectivity index (χ3n) is 5.48. The average Bonchev–Trinajstić information content (AvgIpc) is 3.13. The first-order valence-electron chi connectivity index (χ1n) is 9.14. The Hall–Kier alpha value is -1.49. The van der Waals surface area contributed by atoms with E-state index in [1.807, 2.05) is 0 Å². The maximum Gasteiger partial charge on any atom is 0.194 e. The zero-order valence-electron chi connectivity index (χ0n) is 15.4. The molecule has 0 amide bonds. The number of nitrogens with zero attached hydrogens (tertiary/aromatic N) is 1. The van der Waals surface area contributed by atoms with E-state index >= 15 is 0 Å². The van der Waals surface area contributed by atoms with Crippen LogP contribution in [0.2, 0.25) is 5.02 Å². The summed E-state index contributed by atoms with van der Waals surface area (Å²) in [5.41, 5.74) is 3.45. The fourth-order valence-electron chi connectivity index (χ4n) is 3.89. The van der Waals surface area contributed by atoms with Crippen LogP contribution in [0, 0.1) is 0 Å². The van der Waals surface area contributed by atoms with Crippen LogP contribution in [0.4, 0.5) is 5.13 Å². The quantitative estimate of drug-likeness (QED) is 0.415. The molecule has 1 aromatic heterocycles. The Morgan fingerprint density at radius 1 is 1.14 bits per heavy atom. The largest absolute Gasteiger partial charge is 0.348 e. The first-order chi connectivity index (χ1) is 13.4. The van der Waals surface area contributed by atoms with E-state index in [-0.39, 0.29) is 5.41 Å². The van der Waals surface area contributed by atoms with E-state index in [2.05, 4.69) is 48.0 Å². The molecule has 2 aromatic carbocycles. The molecule has 1 atom stereocenters. The van der Waals surface area contributed by atoms with E-state index in [0.717, 1.165) is 24.1 Å². The van der Waals surface area contributed by atoms with Gasteiger partial charge in [-0.3, -0.25) is 0 Å². The van der Waals surface area contributed by atoms with Gasteiger partial charge in [0.2, 0.25) is 0 Å². The highest BCUT2D eigenvalue weighted by Crippen LogP contribution is 2.53. The van der Waals surface area contributed by atoms with Crippen molar-refractivity contribution >= 4 is 36.4 Å². The number of anilines is 1. The number of aromatic nitrogens is 1. The molecule has 3 aromatic rings. The maximum absolute atomic E-state index is 9.87. The van der Waals surface area contributed by atoms with Crippen LogP contribution < -0.4 is 5.32 Å². The van der Waals surface area contributed by atoms with Crippen molar-refractivity contribution in [1.29, 1.82) is 0 Å². The highest BCUT2D eigenvalue weighted by Gasteiger charge is 2.43. The normalized spacial score (nSPS) is 22.7. The van der Waals surface area contributed by atoms with Crippen LogP contribution in [0.25, 0.3) is 0 Å². The van der Waals surface area contributed by atoms with Crippen LogP contribution in [-0.4, -0.2) is 14.8 Å². The van der Waals surface area contributed by atoms with Gasteiger partial charge in [-0.25, -0.2) is 4.98 Å². The molecule has 146 valence electrons. The summed E-state index contributed by atoms with van der Waals surface area (Å²) < 4.78 is 0. The summed E-state index contributed by atoms with van der Waals surface area (Å²) in [5, 5.41) is 6.58. The molecule has 0 saturated heterocycles. The molecular weight excluding hydrogens is 411 g/mol. The van der Waals surface area contributed by atoms with E-state index in [1.54, 1.807) is 24.3 Å². The van der Waals surface area contributed by atoms with Gasteiger partial charge in [0.05, 0.1) is 5.69 Å². The lowest BCUT2D eigenvalue weighted by Crippen LogP contribution is -2.37. The van der Waals surface area contributed by atoms with Gasteiger partial charge in [0.15, 0.2) is 13.5 Å². The summed E-state index contributed by atoms with van der Waals surface area (Å²) in [6.07, 6.45) is 2.15. The number of benzene rings is 2. The molecule has 1 fully saturated rings. The van der Waals surface area contributed by atoms with Crippen LogP contribution >= 0.6 is 31.3 Å². The summed E-state index contributed by atoms with van der Waals surface area (Å²) in [6, 6.07) is 17.7. The first-order valence-corrected chi connectivity index (χ1v) is 11.7.